The maximum atomic E-state index is 12.5. The third-order valence-corrected chi connectivity index (χ3v) is 3.76. The summed E-state index contributed by atoms with van der Waals surface area (Å²) in [5, 5.41) is 10.8. The quantitative estimate of drug-likeness (QED) is 0.776. The minimum absolute atomic E-state index is 0.109. The molecule has 6 heteroatoms. The van der Waals surface area contributed by atoms with Crippen LogP contribution >= 0.6 is 0 Å². The molecule has 3 N–H and O–H groups in total. The van der Waals surface area contributed by atoms with Gasteiger partial charge in [-0.05, 0) is 55.7 Å². The molecule has 24 heavy (non-hydrogen) atoms. The molecule has 3 aromatic rings. The lowest BCUT2D eigenvalue weighted by atomic mass is 10.1. The lowest BCUT2D eigenvalue weighted by Crippen LogP contribution is -2.15. The van der Waals surface area contributed by atoms with Crippen molar-refractivity contribution in [2.75, 3.05) is 11.1 Å². The molecule has 1 aromatic heterocycles. The first-order chi connectivity index (χ1) is 11.5. The van der Waals surface area contributed by atoms with E-state index in [4.69, 9.17) is 5.73 Å². The Morgan fingerprint density at radius 2 is 1.75 bits per heavy atom. The number of nitrogens with zero attached hydrogens (tertiary/aromatic N) is 3. The number of carbonyl (C=O) groups is 1. The van der Waals surface area contributed by atoms with Crippen LogP contribution in [0.15, 0.2) is 42.5 Å². The van der Waals surface area contributed by atoms with E-state index in [2.05, 4.69) is 21.7 Å². The average Bonchev–Trinajstić information content (AvgIpc) is 2.90. The summed E-state index contributed by atoms with van der Waals surface area (Å²) in [6, 6.07) is 13.5. The number of benzene rings is 2. The number of nitrogen functional groups attached to an aromatic ring is 1. The molecule has 0 spiro atoms. The first-order valence-electron chi connectivity index (χ1n) is 7.62. The molecule has 0 fully saturated rings. The first kappa shape index (κ1) is 15.7. The van der Waals surface area contributed by atoms with E-state index < -0.39 is 0 Å². The number of anilines is 2. The molecular weight excluding hydrogens is 302 g/mol. The molecule has 1 heterocycles. The minimum Gasteiger partial charge on any atom is -0.382 e. The molecule has 0 unspecified atom stereocenters. The molecule has 3 rings (SSSR count). The predicted molar refractivity (Wildman–Crippen MR) is 94.4 cm³/mol. The van der Waals surface area contributed by atoms with Crippen molar-refractivity contribution in [1.82, 2.24) is 15.0 Å². The van der Waals surface area contributed by atoms with Crippen LogP contribution in [0.3, 0.4) is 0 Å². The molecule has 1 amide bonds. The summed E-state index contributed by atoms with van der Waals surface area (Å²) in [4.78, 5) is 12.5. The average molecular weight is 321 g/mol. The van der Waals surface area contributed by atoms with Gasteiger partial charge in [0.15, 0.2) is 11.5 Å². The van der Waals surface area contributed by atoms with Gasteiger partial charge in [0.05, 0.1) is 5.69 Å². The summed E-state index contributed by atoms with van der Waals surface area (Å²) in [6.07, 6.45) is 0. The second kappa shape index (κ2) is 6.16. The lowest BCUT2D eigenvalue weighted by molar-refractivity contribution is 0.102. The van der Waals surface area contributed by atoms with E-state index in [1.807, 2.05) is 57.2 Å². The summed E-state index contributed by atoms with van der Waals surface area (Å²) >= 11 is 0. The number of aryl methyl sites for hydroxylation is 3. The second-order valence-electron chi connectivity index (χ2n) is 5.85. The summed E-state index contributed by atoms with van der Waals surface area (Å²) < 4.78 is 1.48. The van der Waals surface area contributed by atoms with Crippen molar-refractivity contribution in [3.05, 3.63) is 64.8 Å². The number of nitrogens with two attached hydrogens (primary N) is 1. The molecule has 0 radical (unpaired) electrons. The van der Waals surface area contributed by atoms with Crippen molar-refractivity contribution in [3.63, 3.8) is 0 Å². The molecule has 122 valence electrons. The zero-order valence-corrected chi connectivity index (χ0v) is 13.9. The molecule has 6 nitrogen and oxygen atoms in total. The number of hydrogen-bond acceptors (Lipinski definition) is 4. The smallest absolute Gasteiger partial charge is 0.280 e. The highest BCUT2D eigenvalue weighted by atomic mass is 16.2. The van der Waals surface area contributed by atoms with Gasteiger partial charge in [0.1, 0.15) is 0 Å². The highest BCUT2D eigenvalue weighted by molar-refractivity contribution is 6.06. The maximum absolute atomic E-state index is 12.5. The largest absolute Gasteiger partial charge is 0.382 e. The second-order valence-corrected chi connectivity index (χ2v) is 5.85. The number of rotatable bonds is 3. The van der Waals surface area contributed by atoms with Crippen LogP contribution in [0.4, 0.5) is 11.5 Å². The van der Waals surface area contributed by atoms with Crippen molar-refractivity contribution in [1.29, 1.82) is 0 Å². The summed E-state index contributed by atoms with van der Waals surface area (Å²) in [6.45, 7) is 5.91. The lowest BCUT2D eigenvalue weighted by Gasteiger charge is -2.08. The Balaban J connectivity index is 1.92. The number of hydrogen-bond donors (Lipinski definition) is 2. The van der Waals surface area contributed by atoms with Crippen molar-refractivity contribution in [2.24, 2.45) is 0 Å². The van der Waals surface area contributed by atoms with E-state index in [9.17, 15) is 4.79 Å². The van der Waals surface area contributed by atoms with Gasteiger partial charge in [-0.25, -0.2) is 0 Å². The molecule has 0 atom stereocenters. The Labute approximate surface area is 140 Å². The van der Waals surface area contributed by atoms with E-state index in [1.165, 1.54) is 4.68 Å². The number of para-hydroxylation sites is 1. The minimum atomic E-state index is -0.377. The first-order valence-corrected chi connectivity index (χ1v) is 7.62. The predicted octanol–water partition coefficient (Wildman–Crippen LogP) is 3.03. The fourth-order valence-corrected chi connectivity index (χ4v) is 2.61. The van der Waals surface area contributed by atoms with Crippen molar-refractivity contribution in [2.45, 2.75) is 20.8 Å². The Morgan fingerprint density at radius 1 is 1.08 bits per heavy atom. The summed E-state index contributed by atoms with van der Waals surface area (Å²) in [5.74, 6) is -0.163. The van der Waals surface area contributed by atoms with Crippen LogP contribution < -0.4 is 11.1 Å². The number of aromatic nitrogens is 3. The van der Waals surface area contributed by atoms with Crippen LogP contribution in [0.5, 0.6) is 0 Å². The fourth-order valence-electron chi connectivity index (χ4n) is 2.61. The molecule has 0 aliphatic heterocycles. The molecule has 0 aliphatic rings. The van der Waals surface area contributed by atoms with Crippen LogP contribution in [0.1, 0.15) is 27.2 Å². The fraction of sp³-hybridized carbons (Fsp3) is 0.167. The molecule has 2 aromatic carbocycles. The van der Waals surface area contributed by atoms with Crippen LogP contribution in [0.25, 0.3) is 5.69 Å². The van der Waals surface area contributed by atoms with Gasteiger partial charge < -0.3 is 11.1 Å². The van der Waals surface area contributed by atoms with Gasteiger partial charge in [-0.3, -0.25) is 4.79 Å². The van der Waals surface area contributed by atoms with Gasteiger partial charge in [0, 0.05) is 5.69 Å². The van der Waals surface area contributed by atoms with Gasteiger partial charge in [-0.1, -0.05) is 29.5 Å². The highest BCUT2D eigenvalue weighted by Crippen LogP contribution is 2.20. The number of carbonyl (C=O) groups excluding carboxylic acids is 1. The summed E-state index contributed by atoms with van der Waals surface area (Å²) in [7, 11) is 0. The van der Waals surface area contributed by atoms with Gasteiger partial charge in [-0.15, -0.1) is 5.10 Å². The topological polar surface area (TPSA) is 85.8 Å². The number of nitrogens with one attached hydrogen (secondary N) is 1. The van der Waals surface area contributed by atoms with Crippen LogP contribution in [-0.2, 0) is 0 Å². The third-order valence-electron chi connectivity index (χ3n) is 3.76. The Hall–Kier alpha value is -3.15. The van der Waals surface area contributed by atoms with E-state index in [1.54, 1.807) is 0 Å². The maximum Gasteiger partial charge on any atom is 0.280 e. The van der Waals surface area contributed by atoms with Gasteiger partial charge in [0.25, 0.3) is 5.91 Å². The summed E-state index contributed by atoms with van der Waals surface area (Å²) in [5.41, 5.74) is 10.9. The zero-order chi connectivity index (χ0) is 17.3. The SMILES string of the molecule is Cc1cc(C)cc(-n2nnc(C(=O)Nc3ccccc3C)c2N)c1. The van der Waals surface area contributed by atoms with E-state index in [0.29, 0.717) is 0 Å². The van der Waals surface area contributed by atoms with E-state index in [-0.39, 0.29) is 17.4 Å². The van der Waals surface area contributed by atoms with Crippen molar-refractivity contribution >= 4 is 17.4 Å². The van der Waals surface area contributed by atoms with E-state index >= 15 is 0 Å². The number of amides is 1. The Morgan fingerprint density at radius 3 is 2.42 bits per heavy atom. The molecular formula is C18H19N5O. The van der Waals surface area contributed by atoms with Crippen molar-refractivity contribution < 1.29 is 4.79 Å². The van der Waals surface area contributed by atoms with Crippen LogP contribution in [0, 0.1) is 20.8 Å². The van der Waals surface area contributed by atoms with E-state index in [0.717, 1.165) is 28.1 Å². The Kier molecular flexibility index (Phi) is 4.04. The van der Waals surface area contributed by atoms with Gasteiger partial charge in [0.2, 0.25) is 0 Å². The van der Waals surface area contributed by atoms with Crippen molar-refractivity contribution in [3.8, 4) is 5.69 Å². The van der Waals surface area contributed by atoms with Gasteiger partial charge >= 0.3 is 0 Å². The van der Waals surface area contributed by atoms with Crippen LogP contribution in [-0.4, -0.2) is 20.9 Å². The zero-order valence-electron chi connectivity index (χ0n) is 13.9. The normalized spacial score (nSPS) is 10.6. The molecule has 0 saturated carbocycles. The highest BCUT2D eigenvalue weighted by Gasteiger charge is 2.19. The third kappa shape index (κ3) is 2.99. The molecule has 0 bridgehead atoms. The molecule has 0 saturated heterocycles. The standard InChI is InChI=1S/C18H19N5O/c1-11-8-12(2)10-14(9-11)23-17(19)16(21-22-23)18(24)20-15-7-5-4-6-13(15)3/h4-10H,19H2,1-3H3,(H,20,24). The van der Waals surface area contributed by atoms with Gasteiger partial charge in [-0.2, -0.15) is 4.68 Å². The monoisotopic (exact) mass is 321 g/mol. The van der Waals surface area contributed by atoms with Crippen LogP contribution in [0.2, 0.25) is 0 Å². The Bertz CT molecular complexity index is 893. The molecule has 0 aliphatic carbocycles.